The highest BCUT2D eigenvalue weighted by Crippen LogP contribution is 2.35. The summed E-state index contributed by atoms with van der Waals surface area (Å²) in [7, 11) is 0. The van der Waals surface area contributed by atoms with Crippen LogP contribution in [0.2, 0.25) is 0 Å². The van der Waals surface area contributed by atoms with Gasteiger partial charge in [-0.1, -0.05) is 12.0 Å². The first-order valence-corrected chi connectivity index (χ1v) is 6.99. The molecule has 0 amide bonds. The molecular formula is C10H16S2. The van der Waals surface area contributed by atoms with Gasteiger partial charge in [0.1, 0.15) is 0 Å². The first-order valence-electron chi connectivity index (χ1n) is 4.89. The molecule has 0 radical (unpaired) electrons. The molecule has 0 aliphatic carbocycles. The molecule has 0 spiro atoms. The fourth-order valence-electron chi connectivity index (χ4n) is 1.85. The van der Waals surface area contributed by atoms with Crippen molar-refractivity contribution in [3.05, 3.63) is 11.0 Å². The summed E-state index contributed by atoms with van der Waals surface area (Å²) in [5, 5.41) is 3.33. The highest BCUT2D eigenvalue weighted by atomic mass is 32.2. The molecule has 12 heavy (non-hydrogen) atoms. The van der Waals surface area contributed by atoms with Gasteiger partial charge in [0.15, 0.2) is 0 Å². The second-order valence-electron chi connectivity index (χ2n) is 3.52. The van der Waals surface area contributed by atoms with Crippen LogP contribution in [0.15, 0.2) is 11.0 Å². The van der Waals surface area contributed by atoms with E-state index < -0.39 is 0 Å². The van der Waals surface area contributed by atoms with E-state index in [1.54, 1.807) is 5.57 Å². The molecule has 0 saturated carbocycles. The van der Waals surface area contributed by atoms with Crippen LogP contribution in [0.1, 0.15) is 32.1 Å². The summed E-state index contributed by atoms with van der Waals surface area (Å²) < 4.78 is 0. The minimum atomic E-state index is 0.895. The molecule has 0 aromatic rings. The smallest absolute Gasteiger partial charge is 0.0264 e. The molecule has 0 nitrogen and oxygen atoms in total. The molecule has 1 saturated heterocycles. The molecule has 1 unspecified atom stereocenters. The average molecular weight is 200 g/mol. The van der Waals surface area contributed by atoms with E-state index in [9.17, 15) is 0 Å². The van der Waals surface area contributed by atoms with E-state index in [1.807, 2.05) is 11.8 Å². The van der Waals surface area contributed by atoms with Gasteiger partial charge in [0, 0.05) is 5.25 Å². The van der Waals surface area contributed by atoms with Crippen LogP contribution in [-0.4, -0.2) is 16.8 Å². The first-order chi connectivity index (χ1) is 5.97. The summed E-state index contributed by atoms with van der Waals surface area (Å²) >= 11 is 4.21. The van der Waals surface area contributed by atoms with Crippen LogP contribution in [0.25, 0.3) is 0 Å². The third kappa shape index (κ3) is 2.23. The monoisotopic (exact) mass is 200 g/mol. The molecule has 0 N–H and O–H groups in total. The van der Waals surface area contributed by atoms with Gasteiger partial charge in [-0.15, -0.1) is 11.8 Å². The summed E-state index contributed by atoms with van der Waals surface area (Å²) in [6.07, 6.45) is 7.14. The molecule has 2 heteroatoms. The van der Waals surface area contributed by atoms with Crippen molar-refractivity contribution in [3.8, 4) is 0 Å². The lowest BCUT2D eigenvalue weighted by Crippen LogP contribution is -2.13. The van der Waals surface area contributed by atoms with E-state index in [0.717, 1.165) is 5.25 Å². The topological polar surface area (TPSA) is 0 Å². The summed E-state index contributed by atoms with van der Waals surface area (Å²) in [6, 6.07) is 0. The minimum absolute atomic E-state index is 0.895. The maximum atomic E-state index is 2.44. The van der Waals surface area contributed by atoms with Crippen molar-refractivity contribution in [1.82, 2.24) is 0 Å². The number of rotatable bonds is 1. The van der Waals surface area contributed by atoms with E-state index in [1.165, 1.54) is 43.6 Å². The Balaban J connectivity index is 1.92. The van der Waals surface area contributed by atoms with Crippen LogP contribution in [0.4, 0.5) is 0 Å². The van der Waals surface area contributed by atoms with Crippen molar-refractivity contribution >= 4 is 23.5 Å². The van der Waals surface area contributed by atoms with E-state index in [-0.39, 0.29) is 0 Å². The predicted molar refractivity (Wildman–Crippen MR) is 59.9 cm³/mol. The Kier molecular flexibility index (Phi) is 3.47. The normalized spacial score (nSPS) is 31.3. The lowest BCUT2D eigenvalue weighted by atomic mass is 10.0. The van der Waals surface area contributed by atoms with Gasteiger partial charge < -0.3 is 0 Å². The lowest BCUT2D eigenvalue weighted by Gasteiger charge is -2.25. The predicted octanol–water partition coefficient (Wildman–Crippen LogP) is 3.68. The molecule has 0 aromatic carbocycles. The Morgan fingerprint density at radius 2 is 2.17 bits per heavy atom. The summed E-state index contributed by atoms with van der Waals surface area (Å²) in [5.41, 5.74) is 1.75. The summed E-state index contributed by atoms with van der Waals surface area (Å²) in [4.78, 5) is 0. The highest BCUT2D eigenvalue weighted by Gasteiger charge is 2.19. The zero-order valence-corrected chi connectivity index (χ0v) is 9.05. The van der Waals surface area contributed by atoms with Crippen molar-refractivity contribution in [2.45, 2.75) is 37.4 Å². The van der Waals surface area contributed by atoms with Crippen molar-refractivity contribution in [3.63, 3.8) is 0 Å². The molecule has 2 rings (SSSR count). The van der Waals surface area contributed by atoms with Crippen molar-refractivity contribution in [2.75, 3.05) is 11.5 Å². The first kappa shape index (κ1) is 9.01. The van der Waals surface area contributed by atoms with E-state index in [4.69, 9.17) is 0 Å². The third-order valence-electron chi connectivity index (χ3n) is 2.56. The zero-order chi connectivity index (χ0) is 8.23. The fraction of sp³-hybridized carbons (Fsp3) is 0.800. The standard InChI is InChI=1S/C10H16S2/c1-2-7-12-10(5-1)9-4-3-6-11-8-9/h8,10H,1-7H2. The maximum Gasteiger partial charge on any atom is 0.0264 e. The molecule has 2 aliphatic rings. The lowest BCUT2D eigenvalue weighted by molar-refractivity contribution is 0.684. The zero-order valence-electron chi connectivity index (χ0n) is 7.42. The van der Waals surface area contributed by atoms with Gasteiger partial charge >= 0.3 is 0 Å². The second-order valence-corrected chi connectivity index (χ2v) is 5.81. The van der Waals surface area contributed by atoms with Crippen molar-refractivity contribution < 1.29 is 0 Å². The Bertz CT molecular complexity index is 169. The van der Waals surface area contributed by atoms with Gasteiger partial charge in [0.2, 0.25) is 0 Å². The van der Waals surface area contributed by atoms with Crippen LogP contribution >= 0.6 is 23.5 Å². The van der Waals surface area contributed by atoms with Crippen LogP contribution in [0.3, 0.4) is 0 Å². The van der Waals surface area contributed by atoms with E-state index >= 15 is 0 Å². The number of hydrogen-bond donors (Lipinski definition) is 0. The Hall–Kier alpha value is 0.440. The molecule has 1 fully saturated rings. The summed E-state index contributed by atoms with van der Waals surface area (Å²) in [6.45, 7) is 0. The second kappa shape index (κ2) is 4.61. The Labute approximate surface area is 83.6 Å². The number of thioether (sulfide) groups is 2. The van der Waals surface area contributed by atoms with Crippen LogP contribution in [0.5, 0.6) is 0 Å². The third-order valence-corrected chi connectivity index (χ3v) is 5.01. The van der Waals surface area contributed by atoms with Gasteiger partial charge in [0.25, 0.3) is 0 Å². The molecule has 0 bridgehead atoms. The van der Waals surface area contributed by atoms with Gasteiger partial charge in [-0.2, -0.15) is 11.8 Å². The molecule has 2 aliphatic heterocycles. The minimum Gasteiger partial charge on any atom is -0.154 e. The van der Waals surface area contributed by atoms with Gasteiger partial charge in [-0.3, -0.25) is 0 Å². The molecule has 0 aromatic heterocycles. The Morgan fingerprint density at radius 1 is 1.17 bits per heavy atom. The fourth-order valence-corrected chi connectivity index (χ4v) is 4.25. The molecular weight excluding hydrogens is 184 g/mol. The van der Waals surface area contributed by atoms with Crippen LogP contribution in [0, 0.1) is 0 Å². The largest absolute Gasteiger partial charge is 0.154 e. The van der Waals surface area contributed by atoms with Crippen LogP contribution < -0.4 is 0 Å². The quantitative estimate of drug-likeness (QED) is 0.633. The average Bonchev–Trinajstić information content (AvgIpc) is 2.21. The highest BCUT2D eigenvalue weighted by molar-refractivity contribution is 8.02. The molecule has 68 valence electrons. The van der Waals surface area contributed by atoms with Crippen LogP contribution in [-0.2, 0) is 0 Å². The maximum absolute atomic E-state index is 2.44. The van der Waals surface area contributed by atoms with E-state index in [0.29, 0.717) is 0 Å². The van der Waals surface area contributed by atoms with Crippen molar-refractivity contribution in [2.24, 2.45) is 0 Å². The van der Waals surface area contributed by atoms with E-state index in [2.05, 4.69) is 17.2 Å². The van der Waals surface area contributed by atoms with Gasteiger partial charge in [-0.05, 0) is 42.6 Å². The van der Waals surface area contributed by atoms with Crippen molar-refractivity contribution in [1.29, 1.82) is 0 Å². The molecule has 2 heterocycles. The van der Waals surface area contributed by atoms with Gasteiger partial charge in [0.05, 0.1) is 0 Å². The number of hydrogen-bond acceptors (Lipinski definition) is 2. The SMILES string of the molecule is C1=C(C2CCCCS2)CCCS1. The van der Waals surface area contributed by atoms with Gasteiger partial charge in [-0.25, -0.2) is 0 Å². The summed E-state index contributed by atoms with van der Waals surface area (Å²) in [5.74, 6) is 2.74. The Morgan fingerprint density at radius 3 is 2.83 bits per heavy atom. The molecule has 1 atom stereocenters.